The van der Waals surface area contributed by atoms with Crippen LogP contribution >= 0.6 is 0 Å². The number of esters is 2. The van der Waals surface area contributed by atoms with E-state index in [9.17, 15) is 14.4 Å². The molecule has 20 heavy (non-hydrogen) atoms. The molecule has 1 amide bonds. The first-order chi connectivity index (χ1) is 9.56. The van der Waals surface area contributed by atoms with Crippen LogP contribution in [0.2, 0.25) is 0 Å². The summed E-state index contributed by atoms with van der Waals surface area (Å²) in [6.07, 6.45) is 5.97. The summed E-state index contributed by atoms with van der Waals surface area (Å²) < 4.78 is 9.08. The van der Waals surface area contributed by atoms with Crippen molar-refractivity contribution in [3.05, 3.63) is 0 Å². The third-order valence-corrected chi connectivity index (χ3v) is 3.69. The molecule has 6 heteroatoms. The van der Waals surface area contributed by atoms with Gasteiger partial charge in [-0.25, -0.2) is 0 Å². The number of methoxy groups -OCH3 is 2. The molecule has 0 unspecified atom stereocenters. The third kappa shape index (κ3) is 5.59. The van der Waals surface area contributed by atoms with Gasteiger partial charge in [0.2, 0.25) is 5.91 Å². The predicted octanol–water partition coefficient (Wildman–Crippen LogP) is 1.13. The van der Waals surface area contributed by atoms with Crippen LogP contribution in [0.1, 0.15) is 38.5 Å². The highest BCUT2D eigenvalue weighted by atomic mass is 16.5. The fourth-order valence-electron chi connectivity index (χ4n) is 2.46. The van der Waals surface area contributed by atoms with Crippen LogP contribution in [0.15, 0.2) is 0 Å². The monoisotopic (exact) mass is 285 g/mol. The number of amides is 1. The topological polar surface area (TPSA) is 72.9 Å². The number of nitrogens with zero attached hydrogens (tertiary/aromatic N) is 1. The maximum atomic E-state index is 12.1. The van der Waals surface area contributed by atoms with Gasteiger partial charge in [-0.3, -0.25) is 14.4 Å². The van der Waals surface area contributed by atoms with E-state index in [2.05, 4.69) is 9.47 Å². The molecule has 0 aliphatic heterocycles. The molecule has 0 bridgehead atoms. The van der Waals surface area contributed by atoms with Crippen molar-refractivity contribution in [3.63, 3.8) is 0 Å². The van der Waals surface area contributed by atoms with Crippen LogP contribution in [-0.4, -0.2) is 50.1 Å². The maximum absolute atomic E-state index is 12.1. The molecule has 1 aliphatic rings. The van der Waals surface area contributed by atoms with Gasteiger partial charge in [0.05, 0.1) is 14.2 Å². The lowest BCUT2D eigenvalue weighted by atomic mass is 10.0. The lowest BCUT2D eigenvalue weighted by molar-refractivity contribution is -0.152. The van der Waals surface area contributed by atoms with Crippen LogP contribution in [0.25, 0.3) is 0 Å². The molecular formula is C14H23NO5. The molecule has 0 heterocycles. The van der Waals surface area contributed by atoms with Crippen molar-refractivity contribution in [2.75, 3.05) is 27.3 Å². The molecule has 1 aliphatic carbocycles. The summed E-state index contributed by atoms with van der Waals surface area (Å²) in [7, 11) is 2.50. The molecule has 1 saturated carbocycles. The Morgan fingerprint density at radius 2 is 1.50 bits per heavy atom. The normalized spacial score (nSPS) is 14.9. The van der Waals surface area contributed by atoms with Crippen molar-refractivity contribution in [1.82, 2.24) is 4.90 Å². The summed E-state index contributed by atoms with van der Waals surface area (Å²) in [5.74, 6) is -0.684. The van der Waals surface area contributed by atoms with Crippen LogP contribution in [0.3, 0.4) is 0 Å². The molecule has 0 aromatic rings. The number of rotatable bonds is 7. The Morgan fingerprint density at radius 3 is 1.95 bits per heavy atom. The summed E-state index contributed by atoms with van der Waals surface area (Å²) in [4.78, 5) is 35.9. The minimum absolute atomic E-state index is 0.201. The molecule has 0 N–H and O–H groups in total. The van der Waals surface area contributed by atoms with Gasteiger partial charge in [-0.05, 0) is 12.3 Å². The minimum Gasteiger partial charge on any atom is -0.468 e. The average Bonchev–Trinajstić information content (AvgIpc) is 2.96. The molecule has 1 rings (SSSR count). The van der Waals surface area contributed by atoms with Crippen molar-refractivity contribution in [1.29, 1.82) is 0 Å². The molecule has 0 radical (unpaired) electrons. The van der Waals surface area contributed by atoms with Gasteiger partial charge in [0.1, 0.15) is 13.1 Å². The Balaban J connectivity index is 2.48. The fraction of sp³-hybridized carbons (Fsp3) is 0.786. The van der Waals surface area contributed by atoms with E-state index >= 15 is 0 Å². The Bertz CT molecular complexity index is 331. The van der Waals surface area contributed by atoms with Crippen LogP contribution < -0.4 is 0 Å². The Morgan fingerprint density at radius 1 is 1.00 bits per heavy atom. The molecule has 114 valence electrons. The van der Waals surface area contributed by atoms with Crippen LogP contribution in [0.4, 0.5) is 0 Å². The van der Waals surface area contributed by atoms with E-state index in [4.69, 9.17) is 0 Å². The van der Waals surface area contributed by atoms with Gasteiger partial charge in [-0.2, -0.15) is 0 Å². The number of hydrogen-bond donors (Lipinski definition) is 0. The van der Waals surface area contributed by atoms with E-state index in [0.29, 0.717) is 12.3 Å². The van der Waals surface area contributed by atoms with E-state index in [1.165, 1.54) is 44.8 Å². The Labute approximate surface area is 119 Å². The van der Waals surface area contributed by atoms with Gasteiger partial charge in [0, 0.05) is 6.42 Å². The second-order valence-electron chi connectivity index (χ2n) is 5.09. The van der Waals surface area contributed by atoms with E-state index < -0.39 is 11.9 Å². The molecule has 0 spiro atoms. The SMILES string of the molecule is COC(=O)CN(CC(=O)OC)C(=O)CCC1CCCC1. The van der Waals surface area contributed by atoms with Gasteiger partial charge < -0.3 is 14.4 Å². The number of hydrogen-bond acceptors (Lipinski definition) is 5. The van der Waals surface area contributed by atoms with Crippen molar-refractivity contribution in [3.8, 4) is 0 Å². The molecule has 6 nitrogen and oxygen atoms in total. The third-order valence-electron chi connectivity index (χ3n) is 3.69. The lowest BCUT2D eigenvalue weighted by Gasteiger charge is -2.20. The standard InChI is InChI=1S/C14H23NO5/c1-19-13(17)9-15(10-14(18)20-2)12(16)8-7-11-5-3-4-6-11/h11H,3-10H2,1-2H3. The Kier molecular flexibility index (Phi) is 7.04. The van der Waals surface area contributed by atoms with E-state index in [1.807, 2.05) is 0 Å². The van der Waals surface area contributed by atoms with Crippen molar-refractivity contribution in [2.24, 2.45) is 5.92 Å². The predicted molar refractivity (Wildman–Crippen MR) is 71.8 cm³/mol. The molecule has 0 aromatic heterocycles. The zero-order chi connectivity index (χ0) is 15.0. The first-order valence-corrected chi connectivity index (χ1v) is 6.98. The summed E-state index contributed by atoms with van der Waals surface area (Å²) in [5, 5.41) is 0. The lowest BCUT2D eigenvalue weighted by Crippen LogP contribution is -2.40. The first-order valence-electron chi connectivity index (χ1n) is 6.98. The minimum atomic E-state index is -0.539. The van der Waals surface area contributed by atoms with Crippen LogP contribution in [0, 0.1) is 5.92 Å². The van der Waals surface area contributed by atoms with Crippen LogP contribution in [0.5, 0.6) is 0 Å². The second-order valence-corrected chi connectivity index (χ2v) is 5.09. The highest BCUT2D eigenvalue weighted by Crippen LogP contribution is 2.28. The second kappa shape index (κ2) is 8.55. The van der Waals surface area contributed by atoms with Crippen molar-refractivity contribution >= 4 is 17.8 Å². The van der Waals surface area contributed by atoms with Crippen molar-refractivity contribution in [2.45, 2.75) is 38.5 Å². The highest BCUT2D eigenvalue weighted by Gasteiger charge is 2.23. The van der Waals surface area contributed by atoms with Gasteiger partial charge in [0.25, 0.3) is 0 Å². The number of carbonyl (C=O) groups excluding carboxylic acids is 3. The summed E-state index contributed by atoms with van der Waals surface area (Å²) in [6.45, 7) is -0.426. The zero-order valence-corrected chi connectivity index (χ0v) is 12.2. The Hall–Kier alpha value is -1.59. The smallest absolute Gasteiger partial charge is 0.325 e. The average molecular weight is 285 g/mol. The fourth-order valence-corrected chi connectivity index (χ4v) is 2.46. The summed E-state index contributed by atoms with van der Waals surface area (Å²) in [5.41, 5.74) is 0. The maximum Gasteiger partial charge on any atom is 0.325 e. The summed E-state index contributed by atoms with van der Waals surface area (Å²) >= 11 is 0. The number of ether oxygens (including phenoxy) is 2. The highest BCUT2D eigenvalue weighted by molar-refractivity contribution is 5.85. The molecule has 0 atom stereocenters. The van der Waals surface area contributed by atoms with Gasteiger partial charge >= 0.3 is 11.9 Å². The van der Waals surface area contributed by atoms with Crippen LogP contribution in [-0.2, 0) is 23.9 Å². The van der Waals surface area contributed by atoms with Gasteiger partial charge in [-0.1, -0.05) is 25.7 Å². The van der Waals surface area contributed by atoms with Gasteiger partial charge in [0.15, 0.2) is 0 Å². The van der Waals surface area contributed by atoms with E-state index in [1.54, 1.807) is 0 Å². The van der Waals surface area contributed by atoms with E-state index in [0.717, 1.165) is 6.42 Å². The summed E-state index contributed by atoms with van der Waals surface area (Å²) in [6, 6.07) is 0. The molecule has 0 saturated heterocycles. The largest absolute Gasteiger partial charge is 0.468 e. The molecular weight excluding hydrogens is 262 g/mol. The molecule has 0 aromatic carbocycles. The number of carbonyl (C=O) groups is 3. The van der Waals surface area contributed by atoms with Gasteiger partial charge in [-0.15, -0.1) is 0 Å². The van der Waals surface area contributed by atoms with Crippen molar-refractivity contribution < 1.29 is 23.9 Å². The zero-order valence-electron chi connectivity index (χ0n) is 12.2. The first kappa shape index (κ1) is 16.5. The quantitative estimate of drug-likeness (QED) is 0.656. The van der Waals surface area contributed by atoms with E-state index in [-0.39, 0.29) is 19.0 Å². The molecule has 1 fully saturated rings.